The molecule has 1 atom stereocenters. The summed E-state index contributed by atoms with van der Waals surface area (Å²) in [6, 6.07) is 13.8. The Morgan fingerprint density at radius 3 is 2.35 bits per heavy atom. The van der Waals surface area contributed by atoms with Crippen LogP contribution >= 0.6 is 28.1 Å². The molecule has 1 fully saturated rings. The fraction of sp³-hybridized carbons (Fsp3) is 0.176. The van der Waals surface area contributed by atoms with E-state index in [1.807, 2.05) is 12.1 Å². The fourth-order valence-corrected chi connectivity index (χ4v) is 4.26. The number of hydrogen-bond acceptors (Lipinski definition) is 4. The van der Waals surface area contributed by atoms with Crippen molar-refractivity contribution in [2.45, 2.75) is 11.3 Å². The van der Waals surface area contributed by atoms with Crippen molar-refractivity contribution < 1.29 is 17.8 Å². The first kappa shape index (κ1) is 19.0. The van der Waals surface area contributed by atoms with E-state index in [1.165, 1.54) is 4.90 Å². The average Bonchev–Trinajstić information content (AvgIpc) is 2.79. The van der Waals surface area contributed by atoms with Gasteiger partial charge in [0.2, 0.25) is 0 Å². The van der Waals surface area contributed by atoms with Crippen LogP contribution < -0.4 is 5.32 Å². The smallest absolute Gasteiger partial charge is 0.269 e. The van der Waals surface area contributed by atoms with Crippen LogP contribution in [0.25, 0.3) is 0 Å². The molecule has 1 aliphatic heterocycles. The maximum atomic E-state index is 13.1. The van der Waals surface area contributed by atoms with E-state index in [0.717, 1.165) is 4.47 Å². The Labute approximate surface area is 165 Å². The van der Waals surface area contributed by atoms with Crippen LogP contribution in [0.5, 0.6) is 0 Å². The molecule has 0 radical (unpaired) electrons. The third-order valence-electron chi connectivity index (χ3n) is 4.19. The average molecular weight is 455 g/mol. The molecule has 9 heteroatoms. The van der Waals surface area contributed by atoms with E-state index in [-0.39, 0.29) is 11.0 Å². The predicted molar refractivity (Wildman–Crippen MR) is 105 cm³/mol. The molecule has 2 N–H and O–H groups in total. The standard InChI is InChI=1S/C17H15BrN2O4S2/c1-20-15(21)17(19-16(20)25,13-6-3-7-14(18)9-13)12-5-2-4-11(8-12)10-26(22,23)24/h2-9H,10H2,1H3,(H,19,25)(H,22,23,24). The Bertz CT molecular complexity index is 1010. The highest BCUT2D eigenvalue weighted by molar-refractivity contribution is 9.10. The third kappa shape index (κ3) is 3.39. The van der Waals surface area contributed by atoms with E-state index in [0.29, 0.717) is 16.7 Å². The van der Waals surface area contributed by atoms with Crippen molar-refractivity contribution in [1.29, 1.82) is 0 Å². The van der Waals surface area contributed by atoms with Gasteiger partial charge in [-0.15, -0.1) is 0 Å². The van der Waals surface area contributed by atoms with E-state index in [9.17, 15) is 13.2 Å². The molecule has 1 unspecified atom stereocenters. The summed E-state index contributed by atoms with van der Waals surface area (Å²) in [5, 5.41) is 3.37. The van der Waals surface area contributed by atoms with Crippen molar-refractivity contribution in [2.75, 3.05) is 7.05 Å². The van der Waals surface area contributed by atoms with Crippen LogP contribution in [0.3, 0.4) is 0 Å². The summed E-state index contributed by atoms with van der Waals surface area (Å²) in [6.45, 7) is 0. The Kier molecular flexibility index (Phi) is 4.91. The van der Waals surface area contributed by atoms with E-state index >= 15 is 0 Å². The summed E-state index contributed by atoms with van der Waals surface area (Å²) in [5.74, 6) is -0.811. The highest BCUT2D eigenvalue weighted by Crippen LogP contribution is 2.37. The van der Waals surface area contributed by atoms with Crippen molar-refractivity contribution in [3.63, 3.8) is 0 Å². The number of benzene rings is 2. The van der Waals surface area contributed by atoms with Crippen molar-refractivity contribution in [1.82, 2.24) is 10.2 Å². The SMILES string of the molecule is CN1C(=O)C(c2cccc(Br)c2)(c2cccc(CS(=O)(=O)O)c2)NC1=S. The molecule has 1 saturated heterocycles. The number of nitrogens with one attached hydrogen (secondary N) is 1. The van der Waals surface area contributed by atoms with Crippen LogP contribution in [0.4, 0.5) is 0 Å². The van der Waals surface area contributed by atoms with Gasteiger partial charge < -0.3 is 5.32 Å². The number of rotatable bonds is 4. The predicted octanol–water partition coefficient (Wildman–Crippen LogP) is 2.43. The van der Waals surface area contributed by atoms with Gasteiger partial charge in [0.1, 0.15) is 5.75 Å². The molecule has 0 spiro atoms. The van der Waals surface area contributed by atoms with Crippen molar-refractivity contribution in [3.05, 3.63) is 69.7 Å². The summed E-state index contributed by atoms with van der Waals surface area (Å²) in [4.78, 5) is 14.5. The van der Waals surface area contributed by atoms with Gasteiger partial charge >= 0.3 is 0 Å². The number of likely N-dealkylation sites (N-methyl/N-ethyl adjacent to an activating group) is 1. The Morgan fingerprint density at radius 1 is 1.19 bits per heavy atom. The largest absolute Gasteiger partial charge is 0.341 e. The number of carbonyl (C=O) groups is 1. The summed E-state index contributed by atoms with van der Waals surface area (Å²) in [6.07, 6.45) is 0. The summed E-state index contributed by atoms with van der Waals surface area (Å²) in [7, 11) is -2.61. The third-order valence-corrected chi connectivity index (χ3v) is 5.76. The second-order valence-corrected chi connectivity index (χ2v) is 8.74. The van der Waals surface area contributed by atoms with Crippen molar-refractivity contribution in [2.24, 2.45) is 0 Å². The lowest BCUT2D eigenvalue weighted by atomic mass is 9.82. The quantitative estimate of drug-likeness (QED) is 0.544. The van der Waals surface area contributed by atoms with Crippen LogP contribution in [0.2, 0.25) is 0 Å². The first-order valence-corrected chi connectivity index (χ1v) is 10.4. The molecular weight excluding hydrogens is 440 g/mol. The van der Waals surface area contributed by atoms with Crippen molar-refractivity contribution >= 4 is 49.3 Å². The first-order valence-electron chi connectivity index (χ1n) is 7.54. The number of nitrogens with zero attached hydrogens (tertiary/aromatic N) is 1. The normalized spacial score (nSPS) is 20.3. The lowest BCUT2D eigenvalue weighted by Gasteiger charge is -2.28. The van der Waals surface area contributed by atoms with Crippen LogP contribution in [0.15, 0.2) is 53.0 Å². The van der Waals surface area contributed by atoms with E-state index in [1.54, 1.807) is 43.4 Å². The first-order chi connectivity index (χ1) is 12.1. The number of hydrogen-bond donors (Lipinski definition) is 2. The zero-order chi connectivity index (χ0) is 19.1. The van der Waals surface area contributed by atoms with E-state index in [2.05, 4.69) is 21.2 Å². The molecule has 1 amide bonds. The monoisotopic (exact) mass is 454 g/mol. The van der Waals surface area contributed by atoms with Gasteiger partial charge in [-0.25, -0.2) is 0 Å². The van der Waals surface area contributed by atoms with E-state index < -0.39 is 21.4 Å². The molecule has 3 rings (SSSR count). The molecule has 0 bridgehead atoms. The maximum absolute atomic E-state index is 13.1. The van der Waals surface area contributed by atoms with Gasteiger partial charge in [-0.05, 0) is 41.0 Å². The highest BCUT2D eigenvalue weighted by atomic mass is 79.9. The summed E-state index contributed by atoms with van der Waals surface area (Å²) < 4.78 is 32.4. The van der Waals surface area contributed by atoms with Crippen molar-refractivity contribution in [3.8, 4) is 0 Å². The van der Waals surface area contributed by atoms with Gasteiger partial charge in [0, 0.05) is 11.5 Å². The second-order valence-electron chi connectivity index (χ2n) is 5.98. The van der Waals surface area contributed by atoms with Gasteiger partial charge in [0.05, 0.1) is 0 Å². The Hall–Kier alpha value is -1.81. The molecule has 136 valence electrons. The minimum atomic E-state index is -4.19. The molecule has 26 heavy (non-hydrogen) atoms. The molecule has 0 aromatic heterocycles. The number of amides is 1. The van der Waals surface area contributed by atoms with Crippen LogP contribution in [0.1, 0.15) is 16.7 Å². The minimum Gasteiger partial charge on any atom is -0.341 e. The lowest BCUT2D eigenvalue weighted by molar-refractivity contribution is -0.129. The Balaban J connectivity index is 2.22. The van der Waals surface area contributed by atoms with Crippen LogP contribution in [0, 0.1) is 0 Å². The number of carbonyl (C=O) groups excluding carboxylic acids is 1. The van der Waals surface area contributed by atoms with Crippen LogP contribution in [-0.4, -0.2) is 35.9 Å². The zero-order valence-electron chi connectivity index (χ0n) is 13.6. The maximum Gasteiger partial charge on any atom is 0.269 e. The summed E-state index contributed by atoms with van der Waals surface area (Å²) >= 11 is 8.68. The van der Waals surface area contributed by atoms with Gasteiger partial charge in [-0.2, -0.15) is 8.42 Å². The van der Waals surface area contributed by atoms with Gasteiger partial charge in [0.25, 0.3) is 16.0 Å². The Morgan fingerprint density at radius 2 is 1.81 bits per heavy atom. The van der Waals surface area contributed by atoms with Gasteiger partial charge in [-0.3, -0.25) is 14.2 Å². The highest BCUT2D eigenvalue weighted by Gasteiger charge is 2.50. The van der Waals surface area contributed by atoms with Gasteiger partial charge in [-0.1, -0.05) is 52.3 Å². The number of thiocarbonyl (C=S) groups is 1. The number of halogens is 1. The molecular formula is C17H15BrN2O4S2. The lowest BCUT2D eigenvalue weighted by Crippen LogP contribution is -2.45. The molecule has 1 aliphatic rings. The molecule has 0 aliphatic carbocycles. The molecule has 2 aromatic rings. The summed E-state index contributed by atoms with van der Waals surface area (Å²) in [5.41, 5.74) is 0.292. The molecule has 0 saturated carbocycles. The molecule has 6 nitrogen and oxygen atoms in total. The second kappa shape index (κ2) is 6.73. The van der Waals surface area contributed by atoms with E-state index in [4.69, 9.17) is 16.8 Å². The zero-order valence-corrected chi connectivity index (χ0v) is 16.9. The van der Waals surface area contributed by atoms with Crippen LogP contribution in [-0.2, 0) is 26.2 Å². The molecule has 2 aromatic carbocycles. The van der Waals surface area contributed by atoms with Gasteiger partial charge in [0.15, 0.2) is 10.7 Å². The topological polar surface area (TPSA) is 86.7 Å². The minimum absolute atomic E-state index is 0.273. The molecule has 1 heterocycles. The fourth-order valence-electron chi connectivity index (χ4n) is 3.03.